The largest absolute Gasteiger partial charge is 0.318 e. The van der Waals surface area contributed by atoms with Crippen molar-refractivity contribution in [2.75, 3.05) is 26.0 Å². The van der Waals surface area contributed by atoms with Crippen molar-refractivity contribution in [1.82, 2.24) is 24.9 Å². The Bertz CT molecular complexity index is 1030. The Morgan fingerprint density at radius 1 is 1.29 bits per heavy atom. The van der Waals surface area contributed by atoms with Crippen molar-refractivity contribution < 1.29 is 4.79 Å². The topological polar surface area (TPSA) is 78.8 Å². The Kier molecular flexibility index (Phi) is 5.96. The van der Waals surface area contributed by atoms with E-state index in [-0.39, 0.29) is 17.4 Å². The maximum absolute atomic E-state index is 12.9. The van der Waals surface area contributed by atoms with Crippen molar-refractivity contribution in [2.24, 2.45) is 5.41 Å². The predicted octanol–water partition coefficient (Wildman–Crippen LogP) is 3.91. The second kappa shape index (κ2) is 8.67. The van der Waals surface area contributed by atoms with Crippen LogP contribution in [0.2, 0.25) is 0 Å². The summed E-state index contributed by atoms with van der Waals surface area (Å²) in [5, 5.41) is 15.0. The summed E-state index contributed by atoms with van der Waals surface area (Å²) in [6, 6.07) is 10.5. The third-order valence-electron chi connectivity index (χ3n) is 6.09. The van der Waals surface area contributed by atoms with Gasteiger partial charge >= 0.3 is 0 Å². The first kappa shape index (κ1) is 21.3. The van der Waals surface area contributed by atoms with Crippen LogP contribution in [0.4, 0.5) is 5.69 Å². The maximum Gasteiger partial charge on any atom is 0.276 e. The van der Waals surface area contributed by atoms with E-state index in [1.54, 1.807) is 6.20 Å². The summed E-state index contributed by atoms with van der Waals surface area (Å²) in [5.41, 5.74) is 4.78. The first-order valence-corrected chi connectivity index (χ1v) is 10.9. The molecule has 4 rings (SSSR count). The van der Waals surface area contributed by atoms with Crippen molar-refractivity contribution in [3.63, 3.8) is 0 Å². The van der Waals surface area contributed by atoms with Crippen molar-refractivity contribution >= 4 is 11.6 Å². The summed E-state index contributed by atoms with van der Waals surface area (Å²) in [4.78, 5) is 15.1. The smallest absolute Gasteiger partial charge is 0.276 e. The van der Waals surface area contributed by atoms with Crippen LogP contribution in [0.25, 0.3) is 0 Å². The number of hydrogen-bond donors (Lipinski definition) is 2. The number of nitrogens with zero attached hydrogens (tertiary/aromatic N) is 4. The van der Waals surface area contributed by atoms with Gasteiger partial charge in [-0.05, 0) is 57.3 Å². The van der Waals surface area contributed by atoms with E-state index in [1.165, 1.54) is 5.56 Å². The van der Waals surface area contributed by atoms with E-state index in [2.05, 4.69) is 65.6 Å². The molecule has 1 aromatic carbocycles. The molecule has 1 atom stereocenters. The van der Waals surface area contributed by atoms with Gasteiger partial charge in [0.2, 0.25) is 0 Å². The second-order valence-electron chi connectivity index (χ2n) is 9.55. The molecule has 1 aliphatic carbocycles. The number of carbonyl (C=O) groups is 1. The van der Waals surface area contributed by atoms with Gasteiger partial charge in [-0.25, -0.2) is 0 Å². The van der Waals surface area contributed by atoms with E-state index in [0.717, 1.165) is 43.5 Å². The number of nitrogens with one attached hydrogen (secondary N) is 2. The fourth-order valence-electron chi connectivity index (χ4n) is 4.31. The minimum Gasteiger partial charge on any atom is -0.318 e. The van der Waals surface area contributed by atoms with Crippen LogP contribution in [-0.4, -0.2) is 51.4 Å². The lowest BCUT2D eigenvalue weighted by molar-refractivity contribution is 0.102. The molecule has 164 valence electrons. The lowest BCUT2D eigenvalue weighted by Crippen LogP contribution is -2.23. The van der Waals surface area contributed by atoms with Gasteiger partial charge in [0, 0.05) is 17.5 Å². The highest BCUT2D eigenvalue weighted by Crippen LogP contribution is 2.35. The van der Waals surface area contributed by atoms with E-state index in [4.69, 9.17) is 0 Å². The van der Waals surface area contributed by atoms with Crippen LogP contribution in [0.1, 0.15) is 60.0 Å². The number of benzene rings is 1. The zero-order chi connectivity index (χ0) is 22.0. The van der Waals surface area contributed by atoms with Crippen molar-refractivity contribution in [2.45, 2.75) is 45.6 Å². The molecule has 2 N–H and O–H groups in total. The van der Waals surface area contributed by atoms with Crippen LogP contribution in [0, 0.1) is 5.41 Å². The molecular weight excluding hydrogens is 388 g/mol. The Morgan fingerprint density at radius 3 is 2.81 bits per heavy atom. The van der Waals surface area contributed by atoms with Gasteiger partial charge in [-0.2, -0.15) is 10.2 Å². The lowest BCUT2D eigenvalue weighted by Gasteiger charge is -2.28. The van der Waals surface area contributed by atoms with Crippen LogP contribution in [0.15, 0.2) is 42.7 Å². The SMILES string of the molecule is CN(C)CCC(c1ccccc1)n1cc(NC(=O)c2n[nH]c3c2CCC(C)(C)C3)cn1. The first-order valence-electron chi connectivity index (χ1n) is 10.9. The third-order valence-corrected chi connectivity index (χ3v) is 6.09. The minimum atomic E-state index is -0.179. The van der Waals surface area contributed by atoms with Crippen molar-refractivity contribution in [1.29, 1.82) is 0 Å². The van der Waals surface area contributed by atoms with Gasteiger partial charge in [0.15, 0.2) is 5.69 Å². The first-order chi connectivity index (χ1) is 14.8. The quantitative estimate of drug-likeness (QED) is 0.607. The highest BCUT2D eigenvalue weighted by molar-refractivity contribution is 6.03. The number of amides is 1. The van der Waals surface area contributed by atoms with E-state index < -0.39 is 0 Å². The normalized spacial score (nSPS) is 16.2. The van der Waals surface area contributed by atoms with E-state index in [9.17, 15) is 4.79 Å². The van der Waals surface area contributed by atoms with E-state index in [1.807, 2.05) is 29.1 Å². The molecule has 2 aromatic heterocycles. The molecule has 1 amide bonds. The second-order valence-corrected chi connectivity index (χ2v) is 9.55. The highest BCUT2D eigenvalue weighted by Gasteiger charge is 2.30. The molecule has 31 heavy (non-hydrogen) atoms. The zero-order valence-corrected chi connectivity index (χ0v) is 18.9. The molecule has 1 unspecified atom stereocenters. The summed E-state index contributed by atoms with van der Waals surface area (Å²) in [7, 11) is 4.14. The van der Waals surface area contributed by atoms with Crippen LogP contribution < -0.4 is 5.32 Å². The predicted molar refractivity (Wildman–Crippen MR) is 122 cm³/mol. The molecule has 0 spiro atoms. The Hall–Kier alpha value is -2.93. The van der Waals surface area contributed by atoms with Gasteiger partial charge in [-0.3, -0.25) is 14.6 Å². The average molecular weight is 421 g/mol. The van der Waals surface area contributed by atoms with Gasteiger partial charge < -0.3 is 10.2 Å². The highest BCUT2D eigenvalue weighted by atomic mass is 16.2. The summed E-state index contributed by atoms with van der Waals surface area (Å²) in [6.45, 7) is 5.45. The Labute approximate surface area is 183 Å². The summed E-state index contributed by atoms with van der Waals surface area (Å²) >= 11 is 0. The van der Waals surface area contributed by atoms with Crippen LogP contribution in [-0.2, 0) is 12.8 Å². The number of hydrogen-bond acceptors (Lipinski definition) is 4. The van der Waals surface area contributed by atoms with Crippen molar-refractivity contribution in [3.8, 4) is 0 Å². The van der Waals surface area contributed by atoms with Gasteiger partial charge in [0.25, 0.3) is 5.91 Å². The summed E-state index contributed by atoms with van der Waals surface area (Å²) < 4.78 is 1.94. The number of aromatic amines is 1. The molecule has 1 aliphatic rings. The maximum atomic E-state index is 12.9. The number of aromatic nitrogens is 4. The van der Waals surface area contributed by atoms with Gasteiger partial charge in [-0.15, -0.1) is 0 Å². The van der Waals surface area contributed by atoms with Gasteiger partial charge in [0.1, 0.15) is 0 Å². The van der Waals surface area contributed by atoms with Gasteiger partial charge in [-0.1, -0.05) is 44.2 Å². The van der Waals surface area contributed by atoms with Crippen LogP contribution >= 0.6 is 0 Å². The van der Waals surface area contributed by atoms with E-state index in [0.29, 0.717) is 11.4 Å². The molecule has 7 heteroatoms. The number of rotatable bonds is 7. The molecular formula is C24H32N6O. The summed E-state index contributed by atoms with van der Waals surface area (Å²) in [6.07, 6.45) is 7.41. The number of H-pyrrole nitrogens is 1. The number of carbonyl (C=O) groups excluding carboxylic acids is 1. The Morgan fingerprint density at radius 2 is 2.06 bits per heavy atom. The van der Waals surface area contributed by atoms with Crippen molar-refractivity contribution in [3.05, 3.63) is 65.2 Å². The Balaban J connectivity index is 1.50. The molecule has 0 aliphatic heterocycles. The molecule has 0 saturated heterocycles. The van der Waals surface area contributed by atoms with E-state index >= 15 is 0 Å². The monoisotopic (exact) mass is 420 g/mol. The van der Waals surface area contributed by atoms with Gasteiger partial charge in [0.05, 0.1) is 17.9 Å². The average Bonchev–Trinajstić information content (AvgIpc) is 3.34. The molecule has 0 bridgehead atoms. The number of fused-ring (bicyclic) bond motifs is 1. The summed E-state index contributed by atoms with van der Waals surface area (Å²) in [5.74, 6) is -0.179. The lowest BCUT2D eigenvalue weighted by atomic mass is 9.76. The molecule has 7 nitrogen and oxygen atoms in total. The fraction of sp³-hybridized carbons (Fsp3) is 0.458. The molecule has 3 aromatic rings. The third kappa shape index (κ3) is 4.88. The standard InChI is InChI=1S/C24H32N6O/c1-24(2)12-10-19-20(14-24)27-28-22(19)23(31)26-18-15-25-30(16-18)21(11-13-29(3)4)17-8-6-5-7-9-17/h5-9,15-16,21H,10-14H2,1-4H3,(H,26,31)(H,27,28). The van der Waals surface area contributed by atoms with Crippen LogP contribution in [0.5, 0.6) is 0 Å². The molecule has 2 heterocycles. The van der Waals surface area contributed by atoms with Crippen LogP contribution in [0.3, 0.4) is 0 Å². The zero-order valence-electron chi connectivity index (χ0n) is 18.9. The molecule has 0 fully saturated rings. The molecule has 0 saturated carbocycles. The fourth-order valence-corrected chi connectivity index (χ4v) is 4.31. The minimum absolute atomic E-state index is 0.106. The molecule has 0 radical (unpaired) electrons. The number of anilines is 1.